The van der Waals surface area contributed by atoms with Gasteiger partial charge in [0, 0.05) is 31.4 Å². The van der Waals surface area contributed by atoms with Crippen molar-refractivity contribution in [1.29, 1.82) is 0 Å². The molecule has 0 saturated carbocycles. The number of nitrogens with zero attached hydrogens (tertiary/aromatic N) is 1. The number of morpholine rings is 1. The van der Waals surface area contributed by atoms with Gasteiger partial charge in [0.1, 0.15) is 0 Å². The lowest BCUT2D eigenvalue weighted by Gasteiger charge is -2.44. The number of thioether (sulfide) groups is 1. The third-order valence-corrected chi connectivity index (χ3v) is 5.14. The summed E-state index contributed by atoms with van der Waals surface area (Å²) < 4.78 is 5.80. The molecule has 2 fully saturated rings. The second kappa shape index (κ2) is 5.91. The molecule has 0 aromatic heterocycles. The van der Waals surface area contributed by atoms with Crippen LogP contribution in [-0.2, 0) is 4.74 Å². The van der Waals surface area contributed by atoms with E-state index in [-0.39, 0.29) is 0 Å². The molecule has 2 heterocycles. The maximum absolute atomic E-state index is 5.80. The van der Waals surface area contributed by atoms with Crippen molar-refractivity contribution in [3.63, 3.8) is 0 Å². The fourth-order valence-electron chi connectivity index (χ4n) is 2.83. The van der Waals surface area contributed by atoms with Gasteiger partial charge in [-0.1, -0.05) is 13.8 Å². The van der Waals surface area contributed by atoms with Crippen molar-refractivity contribution >= 4 is 11.8 Å². The van der Waals surface area contributed by atoms with Crippen LogP contribution in [0.1, 0.15) is 20.3 Å². The summed E-state index contributed by atoms with van der Waals surface area (Å²) in [6.45, 7) is 8.75. The molecule has 0 aromatic rings. The Labute approximate surface area is 110 Å². The molecule has 0 aromatic carbocycles. The van der Waals surface area contributed by atoms with Crippen molar-refractivity contribution in [1.82, 2.24) is 10.2 Å². The maximum atomic E-state index is 5.80. The molecule has 2 atom stereocenters. The van der Waals surface area contributed by atoms with Crippen LogP contribution < -0.4 is 5.32 Å². The van der Waals surface area contributed by atoms with Gasteiger partial charge >= 0.3 is 0 Å². The number of hydrogen-bond acceptors (Lipinski definition) is 4. The molecule has 0 radical (unpaired) electrons. The first-order chi connectivity index (χ1) is 8.09. The number of hydrogen-bond donors (Lipinski definition) is 1. The largest absolute Gasteiger partial charge is 0.374 e. The van der Waals surface area contributed by atoms with Gasteiger partial charge in [-0.05, 0) is 24.6 Å². The van der Waals surface area contributed by atoms with E-state index in [1.54, 1.807) is 0 Å². The van der Waals surface area contributed by atoms with Crippen LogP contribution in [0.3, 0.4) is 0 Å². The fourth-order valence-corrected chi connectivity index (χ4v) is 4.60. The molecule has 2 aliphatic heterocycles. The van der Waals surface area contributed by atoms with Crippen LogP contribution >= 0.6 is 11.8 Å². The third-order valence-electron chi connectivity index (χ3n) is 4.10. The maximum Gasteiger partial charge on any atom is 0.0826 e. The van der Waals surface area contributed by atoms with Crippen LogP contribution in [0.4, 0.5) is 0 Å². The summed E-state index contributed by atoms with van der Waals surface area (Å²) in [6.07, 6.45) is 1.70. The van der Waals surface area contributed by atoms with Crippen LogP contribution in [0.2, 0.25) is 0 Å². The van der Waals surface area contributed by atoms with E-state index >= 15 is 0 Å². The van der Waals surface area contributed by atoms with Gasteiger partial charge in [-0.25, -0.2) is 0 Å². The number of likely N-dealkylation sites (N-methyl/N-ethyl adjacent to an activating group) is 1. The van der Waals surface area contributed by atoms with Crippen molar-refractivity contribution < 1.29 is 4.74 Å². The zero-order valence-corrected chi connectivity index (χ0v) is 12.2. The van der Waals surface area contributed by atoms with Gasteiger partial charge in [0.2, 0.25) is 0 Å². The molecule has 0 spiro atoms. The van der Waals surface area contributed by atoms with Crippen molar-refractivity contribution in [3.8, 4) is 0 Å². The highest BCUT2D eigenvalue weighted by Crippen LogP contribution is 2.36. The van der Waals surface area contributed by atoms with E-state index in [0.717, 1.165) is 26.2 Å². The molecule has 1 N–H and O–H groups in total. The van der Waals surface area contributed by atoms with Gasteiger partial charge in [0.25, 0.3) is 0 Å². The molecule has 2 rings (SSSR count). The minimum Gasteiger partial charge on any atom is -0.374 e. The van der Waals surface area contributed by atoms with Crippen LogP contribution in [0.5, 0.6) is 0 Å². The Bertz CT molecular complexity index is 242. The molecule has 0 amide bonds. The number of rotatable bonds is 3. The Hall–Kier alpha value is 0.230. The molecular formula is C13H26N2OS. The van der Waals surface area contributed by atoms with Crippen molar-refractivity contribution in [2.45, 2.75) is 32.4 Å². The van der Waals surface area contributed by atoms with Crippen molar-refractivity contribution in [2.24, 2.45) is 5.41 Å². The summed E-state index contributed by atoms with van der Waals surface area (Å²) in [4.78, 5) is 2.52. The van der Waals surface area contributed by atoms with E-state index in [9.17, 15) is 0 Å². The summed E-state index contributed by atoms with van der Waals surface area (Å²) in [6, 6.07) is 0.687. The van der Waals surface area contributed by atoms with E-state index < -0.39 is 0 Å². The molecule has 3 nitrogen and oxygen atoms in total. The molecule has 2 aliphatic rings. The summed E-state index contributed by atoms with van der Waals surface area (Å²) in [5.74, 6) is 2.59. The van der Waals surface area contributed by atoms with Crippen LogP contribution in [0.25, 0.3) is 0 Å². The van der Waals surface area contributed by atoms with Gasteiger partial charge < -0.3 is 10.1 Å². The third kappa shape index (κ3) is 3.60. The first-order valence-corrected chi connectivity index (χ1v) is 7.85. The lowest BCUT2D eigenvalue weighted by Crippen LogP contribution is -2.52. The molecule has 0 bridgehead atoms. The molecule has 4 heteroatoms. The van der Waals surface area contributed by atoms with E-state index in [0.29, 0.717) is 17.6 Å². The zero-order valence-electron chi connectivity index (χ0n) is 11.4. The van der Waals surface area contributed by atoms with Crippen molar-refractivity contribution in [3.05, 3.63) is 0 Å². The first kappa shape index (κ1) is 13.7. The van der Waals surface area contributed by atoms with Crippen LogP contribution in [0, 0.1) is 5.41 Å². The van der Waals surface area contributed by atoms with Gasteiger partial charge in [-0.15, -0.1) is 0 Å². The van der Waals surface area contributed by atoms with Gasteiger partial charge in [0.15, 0.2) is 0 Å². The Morgan fingerprint density at radius 1 is 1.47 bits per heavy atom. The normalized spacial score (nSPS) is 33.9. The highest BCUT2D eigenvalue weighted by atomic mass is 32.2. The first-order valence-electron chi connectivity index (χ1n) is 6.70. The van der Waals surface area contributed by atoms with E-state index in [2.05, 4.69) is 42.9 Å². The molecule has 17 heavy (non-hydrogen) atoms. The minimum atomic E-state index is 0.372. The molecule has 2 unspecified atom stereocenters. The second-order valence-corrected chi connectivity index (χ2v) is 7.12. The van der Waals surface area contributed by atoms with E-state index in [1.165, 1.54) is 17.9 Å². The second-order valence-electron chi connectivity index (χ2n) is 5.97. The Morgan fingerprint density at radius 2 is 2.29 bits per heavy atom. The smallest absolute Gasteiger partial charge is 0.0826 e. The number of nitrogens with one attached hydrogen (secondary N) is 1. The van der Waals surface area contributed by atoms with Crippen LogP contribution in [-0.4, -0.2) is 61.8 Å². The number of ether oxygens (including phenoxy) is 1. The lowest BCUT2D eigenvalue weighted by molar-refractivity contribution is -0.00768. The monoisotopic (exact) mass is 258 g/mol. The molecule has 100 valence electrons. The fraction of sp³-hybridized carbons (Fsp3) is 1.00. The summed E-state index contributed by atoms with van der Waals surface area (Å²) in [5, 5.41) is 3.41. The summed E-state index contributed by atoms with van der Waals surface area (Å²) in [7, 11) is 2.26. The minimum absolute atomic E-state index is 0.372. The topological polar surface area (TPSA) is 24.5 Å². The Kier molecular flexibility index (Phi) is 4.75. The summed E-state index contributed by atoms with van der Waals surface area (Å²) in [5.41, 5.74) is 0.447. The van der Waals surface area contributed by atoms with Crippen LogP contribution in [0.15, 0.2) is 0 Å². The Balaban J connectivity index is 1.87. The highest BCUT2D eigenvalue weighted by molar-refractivity contribution is 7.99. The lowest BCUT2D eigenvalue weighted by atomic mass is 9.81. The SMILES string of the molecule is CN(CC1CNCCO1)C1CSCCC1(C)C. The highest BCUT2D eigenvalue weighted by Gasteiger charge is 2.36. The van der Waals surface area contributed by atoms with Gasteiger partial charge in [0.05, 0.1) is 12.7 Å². The molecule has 2 saturated heterocycles. The van der Waals surface area contributed by atoms with E-state index in [4.69, 9.17) is 4.74 Å². The van der Waals surface area contributed by atoms with Crippen molar-refractivity contribution in [2.75, 3.05) is 44.8 Å². The van der Waals surface area contributed by atoms with Gasteiger partial charge in [-0.3, -0.25) is 4.90 Å². The molecule has 0 aliphatic carbocycles. The van der Waals surface area contributed by atoms with E-state index in [1.807, 2.05) is 0 Å². The average Bonchev–Trinajstić information content (AvgIpc) is 2.29. The predicted octanol–water partition coefficient (Wildman–Crippen LogP) is 1.44. The predicted molar refractivity (Wildman–Crippen MR) is 74.8 cm³/mol. The summed E-state index contributed by atoms with van der Waals surface area (Å²) >= 11 is 2.10. The quantitative estimate of drug-likeness (QED) is 0.828. The molecular weight excluding hydrogens is 232 g/mol. The zero-order chi connectivity index (χ0) is 12.3. The average molecular weight is 258 g/mol. The Morgan fingerprint density at radius 3 is 2.94 bits per heavy atom. The standard InChI is InChI=1S/C13H26N2OS/c1-13(2)4-7-17-10-12(13)15(3)9-11-8-14-5-6-16-11/h11-12,14H,4-10H2,1-3H3. The van der Waals surface area contributed by atoms with Gasteiger partial charge in [-0.2, -0.15) is 11.8 Å².